The number of carboxylic acid groups (broad SMARTS) is 1. The Balaban J connectivity index is 3.03. The molecule has 0 spiro atoms. The van der Waals surface area contributed by atoms with Crippen LogP contribution in [0.1, 0.15) is 18.1 Å². The predicted octanol–water partition coefficient (Wildman–Crippen LogP) is 2.62. The van der Waals surface area contributed by atoms with Crippen molar-refractivity contribution in [1.29, 1.82) is 0 Å². The molecule has 0 saturated heterocycles. The Morgan fingerprint density at radius 2 is 2.13 bits per heavy atom. The molecule has 1 atom stereocenters. The summed E-state index contributed by atoms with van der Waals surface area (Å²) >= 11 is 5.89. The van der Waals surface area contributed by atoms with Crippen LogP contribution in [0.2, 0.25) is 5.02 Å². The summed E-state index contributed by atoms with van der Waals surface area (Å²) in [6.45, 7) is 3.37. The lowest BCUT2D eigenvalue weighted by Crippen LogP contribution is -2.13. The van der Waals surface area contributed by atoms with Gasteiger partial charge in [-0.2, -0.15) is 0 Å². The molecule has 3 nitrogen and oxygen atoms in total. The van der Waals surface area contributed by atoms with E-state index in [0.29, 0.717) is 10.6 Å². The molecule has 82 valence electrons. The van der Waals surface area contributed by atoms with Crippen LogP contribution in [0.25, 0.3) is 0 Å². The van der Waals surface area contributed by atoms with E-state index in [2.05, 4.69) is 0 Å². The normalized spacial score (nSPS) is 12.5. The minimum Gasteiger partial charge on any atom is -0.508 e. The SMILES string of the molecule is Cc1c(Cl)ccc(O)c1CC(C)C(=O)O. The number of benzene rings is 1. The molecular weight excluding hydrogens is 216 g/mol. The minimum atomic E-state index is -0.881. The summed E-state index contributed by atoms with van der Waals surface area (Å²) in [5, 5.41) is 18.9. The highest BCUT2D eigenvalue weighted by Gasteiger charge is 2.16. The molecule has 0 aliphatic carbocycles. The largest absolute Gasteiger partial charge is 0.508 e. The Kier molecular flexibility index (Phi) is 3.58. The van der Waals surface area contributed by atoms with Crippen molar-refractivity contribution in [2.24, 2.45) is 5.92 Å². The number of hydrogen-bond donors (Lipinski definition) is 2. The second kappa shape index (κ2) is 4.53. The first-order valence-electron chi connectivity index (χ1n) is 4.63. The molecule has 2 N–H and O–H groups in total. The lowest BCUT2D eigenvalue weighted by atomic mass is 9.96. The molecule has 0 radical (unpaired) electrons. The number of phenols is 1. The van der Waals surface area contributed by atoms with Crippen molar-refractivity contribution in [2.45, 2.75) is 20.3 Å². The number of rotatable bonds is 3. The predicted molar refractivity (Wildman–Crippen MR) is 58.4 cm³/mol. The topological polar surface area (TPSA) is 57.5 Å². The lowest BCUT2D eigenvalue weighted by Gasteiger charge is -2.12. The number of carbonyl (C=O) groups is 1. The Bertz CT molecular complexity index is 388. The molecule has 0 aliphatic heterocycles. The second-order valence-electron chi connectivity index (χ2n) is 3.61. The zero-order valence-corrected chi connectivity index (χ0v) is 9.38. The first-order valence-corrected chi connectivity index (χ1v) is 5.01. The summed E-state index contributed by atoms with van der Waals surface area (Å²) in [7, 11) is 0. The van der Waals surface area contributed by atoms with Gasteiger partial charge in [-0.3, -0.25) is 4.79 Å². The van der Waals surface area contributed by atoms with Crippen LogP contribution in [0, 0.1) is 12.8 Å². The molecule has 1 aromatic rings. The smallest absolute Gasteiger partial charge is 0.306 e. The quantitative estimate of drug-likeness (QED) is 0.836. The molecule has 4 heteroatoms. The van der Waals surface area contributed by atoms with Gasteiger partial charge in [0.1, 0.15) is 5.75 Å². The third-order valence-electron chi connectivity index (χ3n) is 2.44. The van der Waals surface area contributed by atoms with Crippen LogP contribution in [-0.4, -0.2) is 16.2 Å². The first kappa shape index (κ1) is 11.9. The third-order valence-corrected chi connectivity index (χ3v) is 2.85. The second-order valence-corrected chi connectivity index (χ2v) is 4.02. The van der Waals surface area contributed by atoms with E-state index in [-0.39, 0.29) is 12.2 Å². The van der Waals surface area contributed by atoms with E-state index in [1.165, 1.54) is 6.07 Å². The van der Waals surface area contributed by atoms with E-state index in [0.717, 1.165) is 5.56 Å². The Morgan fingerprint density at radius 1 is 1.53 bits per heavy atom. The molecule has 15 heavy (non-hydrogen) atoms. The average molecular weight is 229 g/mol. The van der Waals surface area contributed by atoms with Gasteiger partial charge in [0.2, 0.25) is 0 Å². The number of phenolic OH excluding ortho intramolecular Hbond substituents is 1. The van der Waals surface area contributed by atoms with Crippen molar-refractivity contribution in [3.05, 3.63) is 28.3 Å². The molecule has 0 aliphatic rings. The van der Waals surface area contributed by atoms with Crippen LogP contribution in [0.4, 0.5) is 0 Å². The van der Waals surface area contributed by atoms with Gasteiger partial charge in [0.15, 0.2) is 0 Å². The summed E-state index contributed by atoms with van der Waals surface area (Å²) in [6, 6.07) is 3.08. The van der Waals surface area contributed by atoms with E-state index in [9.17, 15) is 9.90 Å². The lowest BCUT2D eigenvalue weighted by molar-refractivity contribution is -0.141. The molecule has 0 bridgehead atoms. The van der Waals surface area contributed by atoms with E-state index in [1.54, 1.807) is 19.9 Å². The number of hydrogen-bond acceptors (Lipinski definition) is 2. The number of halogens is 1. The number of aromatic hydroxyl groups is 1. The monoisotopic (exact) mass is 228 g/mol. The van der Waals surface area contributed by atoms with Gasteiger partial charge in [-0.05, 0) is 36.6 Å². The highest BCUT2D eigenvalue weighted by atomic mass is 35.5. The molecule has 1 unspecified atom stereocenters. The summed E-state index contributed by atoms with van der Waals surface area (Å²) < 4.78 is 0. The average Bonchev–Trinajstić information content (AvgIpc) is 2.18. The highest BCUT2D eigenvalue weighted by Crippen LogP contribution is 2.29. The van der Waals surface area contributed by atoms with Crippen molar-refractivity contribution in [3.8, 4) is 5.75 Å². The van der Waals surface area contributed by atoms with Gasteiger partial charge in [-0.15, -0.1) is 0 Å². The zero-order valence-electron chi connectivity index (χ0n) is 8.62. The molecule has 0 fully saturated rings. The maximum absolute atomic E-state index is 10.7. The van der Waals surface area contributed by atoms with E-state index >= 15 is 0 Å². The maximum Gasteiger partial charge on any atom is 0.306 e. The number of carboxylic acids is 1. The summed E-state index contributed by atoms with van der Waals surface area (Å²) in [6.07, 6.45) is 0.285. The fourth-order valence-corrected chi connectivity index (χ4v) is 1.54. The number of aliphatic carboxylic acids is 1. The Morgan fingerprint density at radius 3 is 2.67 bits per heavy atom. The van der Waals surface area contributed by atoms with Crippen LogP contribution >= 0.6 is 11.6 Å². The first-order chi connectivity index (χ1) is 6.93. The van der Waals surface area contributed by atoms with Gasteiger partial charge in [0.25, 0.3) is 0 Å². The third kappa shape index (κ3) is 2.63. The van der Waals surface area contributed by atoms with Gasteiger partial charge >= 0.3 is 5.97 Å². The molecular formula is C11H13ClO3. The fourth-order valence-electron chi connectivity index (χ4n) is 1.37. The van der Waals surface area contributed by atoms with Gasteiger partial charge in [-0.1, -0.05) is 18.5 Å². The van der Waals surface area contributed by atoms with E-state index in [1.807, 2.05) is 0 Å². The van der Waals surface area contributed by atoms with E-state index in [4.69, 9.17) is 16.7 Å². The van der Waals surface area contributed by atoms with Crippen LogP contribution in [-0.2, 0) is 11.2 Å². The van der Waals surface area contributed by atoms with Gasteiger partial charge in [0.05, 0.1) is 5.92 Å². The standard InChI is InChI=1S/C11H13ClO3/c1-6(11(14)15)5-8-7(2)9(12)3-4-10(8)13/h3-4,6,13H,5H2,1-2H3,(H,14,15). The Labute approximate surface area is 93.3 Å². The fraction of sp³-hybridized carbons (Fsp3) is 0.364. The summed E-state index contributed by atoms with van der Waals surface area (Å²) in [5.41, 5.74) is 1.35. The molecule has 0 heterocycles. The summed E-state index contributed by atoms with van der Waals surface area (Å²) in [4.78, 5) is 10.7. The maximum atomic E-state index is 10.7. The summed E-state index contributed by atoms with van der Waals surface area (Å²) in [5.74, 6) is -1.31. The van der Waals surface area contributed by atoms with Crippen molar-refractivity contribution in [1.82, 2.24) is 0 Å². The zero-order chi connectivity index (χ0) is 11.6. The minimum absolute atomic E-state index is 0.102. The highest BCUT2D eigenvalue weighted by molar-refractivity contribution is 6.31. The van der Waals surface area contributed by atoms with Crippen molar-refractivity contribution >= 4 is 17.6 Å². The van der Waals surface area contributed by atoms with Crippen LogP contribution in [0.15, 0.2) is 12.1 Å². The van der Waals surface area contributed by atoms with Gasteiger partial charge < -0.3 is 10.2 Å². The van der Waals surface area contributed by atoms with Crippen molar-refractivity contribution < 1.29 is 15.0 Å². The van der Waals surface area contributed by atoms with Crippen LogP contribution in [0.3, 0.4) is 0 Å². The molecule has 1 rings (SSSR count). The molecule has 0 aromatic heterocycles. The van der Waals surface area contributed by atoms with Gasteiger partial charge in [-0.25, -0.2) is 0 Å². The Hall–Kier alpha value is -1.22. The van der Waals surface area contributed by atoms with Crippen LogP contribution in [0.5, 0.6) is 5.75 Å². The molecule has 1 aromatic carbocycles. The molecule has 0 amide bonds. The van der Waals surface area contributed by atoms with Crippen molar-refractivity contribution in [3.63, 3.8) is 0 Å². The van der Waals surface area contributed by atoms with E-state index < -0.39 is 11.9 Å². The van der Waals surface area contributed by atoms with Gasteiger partial charge in [0, 0.05) is 5.02 Å². The molecule has 0 saturated carbocycles. The van der Waals surface area contributed by atoms with Crippen molar-refractivity contribution in [2.75, 3.05) is 0 Å². The van der Waals surface area contributed by atoms with Crippen LogP contribution < -0.4 is 0 Å².